The first kappa shape index (κ1) is 16.9. The Morgan fingerprint density at radius 3 is 2.92 bits per heavy atom. The average molecular weight is 333 g/mol. The standard InChI is InChI=1S/C17H23N3O4/c1-20(10-12-4-7-23-8-5-12)17(22)16-15(19-14(21)11-24-16)13-3-2-6-18-9-13/h2-3,6,9,12,15-16H,4-5,7-8,10-11H2,1H3,(H,19,21)/t15-,16+/m1/s1. The summed E-state index contributed by atoms with van der Waals surface area (Å²) >= 11 is 0. The SMILES string of the molecule is CN(CC1CCOCC1)C(=O)[C@H]1OCC(=O)N[C@@H]1c1cccnc1. The number of pyridine rings is 1. The van der Waals surface area contributed by atoms with Gasteiger partial charge >= 0.3 is 0 Å². The van der Waals surface area contributed by atoms with Crippen molar-refractivity contribution < 1.29 is 19.1 Å². The number of carbonyl (C=O) groups is 2. The van der Waals surface area contributed by atoms with Gasteiger partial charge in [0.15, 0.2) is 6.10 Å². The molecule has 2 amide bonds. The summed E-state index contributed by atoms with van der Waals surface area (Å²) in [6.07, 6.45) is 4.51. The number of morpholine rings is 1. The van der Waals surface area contributed by atoms with E-state index in [0.29, 0.717) is 12.5 Å². The molecule has 3 heterocycles. The van der Waals surface area contributed by atoms with Gasteiger partial charge in [-0.05, 0) is 30.4 Å². The second kappa shape index (κ2) is 7.72. The molecule has 2 aliphatic heterocycles. The van der Waals surface area contributed by atoms with Gasteiger partial charge in [0.2, 0.25) is 5.91 Å². The van der Waals surface area contributed by atoms with Crippen LogP contribution in [0.5, 0.6) is 0 Å². The van der Waals surface area contributed by atoms with Gasteiger partial charge in [-0.25, -0.2) is 0 Å². The molecule has 24 heavy (non-hydrogen) atoms. The van der Waals surface area contributed by atoms with Crippen LogP contribution >= 0.6 is 0 Å². The van der Waals surface area contributed by atoms with E-state index >= 15 is 0 Å². The van der Waals surface area contributed by atoms with Crippen LogP contribution in [-0.2, 0) is 19.1 Å². The normalized spacial score (nSPS) is 25.1. The molecule has 3 rings (SSSR count). The zero-order valence-electron chi connectivity index (χ0n) is 13.8. The molecule has 2 saturated heterocycles. The van der Waals surface area contributed by atoms with Crippen LogP contribution in [0.3, 0.4) is 0 Å². The van der Waals surface area contributed by atoms with Crippen LogP contribution < -0.4 is 5.32 Å². The number of aromatic nitrogens is 1. The molecule has 1 N–H and O–H groups in total. The Bertz CT molecular complexity index is 574. The molecule has 7 heteroatoms. The maximum atomic E-state index is 12.9. The minimum atomic E-state index is -0.725. The maximum Gasteiger partial charge on any atom is 0.253 e. The third kappa shape index (κ3) is 3.91. The molecule has 0 radical (unpaired) electrons. The van der Waals surface area contributed by atoms with Gasteiger partial charge in [0.05, 0.1) is 6.04 Å². The van der Waals surface area contributed by atoms with E-state index in [1.54, 1.807) is 30.4 Å². The monoisotopic (exact) mass is 333 g/mol. The summed E-state index contributed by atoms with van der Waals surface area (Å²) in [5.74, 6) is 0.109. The van der Waals surface area contributed by atoms with E-state index in [-0.39, 0.29) is 18.4 Å². The van der Waals surface area contributed by atoms with Crippen molar-refractivity contribution >= 4 is 11.8 Å². The van der Waals surface area contributed by atoms with E-state index in [1.807, 2.05) is 6.07 Å². The first-order chi connectivity index (χ1) is 11.6. The number of nitrogens with one attached hydrogen (secondary N) is 1. The molecule has 0 spiro atoms. The van der Waals surface area contributed by atoms with E-state index in [9.17, 15) is 9.59 Å². The highest BCUT2D eigenvalue weighted by Crippen LogP contribution is 2.24. The Kier molecular flexibility index (Phi) is 5.42. The molecule has 2 fully saturated rings. The van der Waals surface area contributed by atoms with Crippen LogP contribution in [0.2, 0.25) is 0 Å². The van der Waals surface area contributed by atoms with Crippen LogP contribution in [0.1, 0.15) is 24.4 Å². The number of likely N-dealkylation sites (N-methyl/N-ethyl adjacent to an activating group) is 1. The summed E-state index contributed by atoms with van der Waals surface area (Å²) in [7, 11) is 1.79. The molecule has 0 bridgehead atoms. The summed E-state index contributed by atoms with van der Waals surface area (Å²) in [5.41, 5.74) is 0.767. The summed E-state index contributed by atoms with van der Waals surface area (Å²) in [6, 6.07) is 3.11. The highest BCUT2D eigenvalue weighted by molar-refractivity contribution is 5.86. The van der Waals surface area contributed by atoms with Gasteiger partial charge in [0, 0.05) is 39.2 Å². The number of amides is 2. The van der Waals surface area contributed by atoms with Gasteiger partial charge in [-0.1, -0.05) is 6.07 Å². The number of nitrogens with zero attached hydrogens (tertiary/aromatic N) is 2. The Labute approximate surface area is 141 Å². The van der Waals surface area contributed by atoms with Crippen molar-refractivity contribution in [3.8, 4) is 0 Å². The predicted octanol–water partition coefficient (Wildman–Crippen LogP) is 0.523. The Balaban J connectivity index is 1.69. The molecular formula is C17H23N3O4. The van der Waals surface area contributed by atoms with Gasteiger partial charge in [0.25, 0.3) is 5.91 Å². The van der Waals surface area contributed by atoms with Crippen molar-refractivity contribution in [1.82, 2.24) is 15.2 Å². The van der Waals surface area contributed by atoms with Crippen LogP contribution in [0.15, 0.2) is 24.5 Å². The lowest BCUT2D eigenvalue weighted by atomic mass is 9.97. The molecule has 0 saturated carbocycles. The molecule has 130 valence electrons. The summed E-state index contributed by atoms with van der Waals surface area (Å²) in [5, 5.41) is 2.85. The predicted molar refractivity (Wildman–Crippen MR) is 86.0 cm³/mol. The summed E-state index contributed by atoms with van der Waals surface area (Å²) < 4.78 is 10.9. The fraction of sp³-hybridized carbons (Fsp3) is 0.588. The quantitative estimate of drug-likeness (QED) is 0.869. The third-order valence-corrected chi connectivity index (χ3v) is 4.55. The van der Waals surface area contributed by atoms with Crippen molar-refractivity contribution in [1.29, 1.82) is 0 Å². The van der Waals surface area contributed by atoms with Crippen LogP contribution in [0.4, 0.5) is 0 Å². The molecular weight excluding hydrogens is 310 g/mol. The minimum Gasteiger partial charge on any atom is -0.381 e. The highest BCUT2D eigenvalue weighted by Gasteiger charge is 2.38. The number of hydrogen-bond donors (Lipinski definition) is 1. The Morgan fingerprint density at radius 2 is 2.21 bits per heavy atom. The average Bonchev–Trinajstić information content (AvgIpc) is 2.62. The largest absolute Gasteiger partial charge is 0.381 e. The molecule has 2 aliphatic rings. The number of hydrogen-bond acceptors (Lipinski definition) is 5. The number of carbonyl (C=O) groups excluding carboxylic acids is 2. The Hall–Kier alpha value is -1.99. The van der Waals surface area contributed by atoms with Crippen molar-refractivity contribution in [3.63, 3.8) is 0 Å². The Morgan fingerprint density at radius 1 is 1.42 bits per heavy atom. The summed E-state index contributed by atoms with van der Waals surface area (Å²) in [4.78, 5) is 30.3. The van der Waals surface area contributed by atoms with Crippen LogP contribution in [0, 0.1) is 5.92 Å². The zero-order valence-corrected chi connectivity index (χ0v) is 13.8. The topological polar surface area (TPSA) is 80.8 Å². The lowest BCUT2D eigenvalue weighted by molar-refractivity contribution is -0.155. The lowest BCUT2D eigenvalue weighted by Crippen LogP contribution is -2.53. The maximum absolute atomic E-state index is 12.9. The third-order valence-electron chi connectivity index (χ3n) is 4.55. The van der Waals surface area contributed by atoms with Crippen molar-refractivity contribution in [2.24, 2.45) is 5.92 Å². The number of rotatable bonds is 4. The zero-order chi connectivity index (χ0) is 16.9. The second-order valence-corrected chi connectivity index (χ2v) is 6.34. The minimum absolute atomic E-state index is 0.0989. The molecule has 1 aromatic rings. The fourth-order valence-corrected chi connectivity index (χ4v) is 3.21. The van der Waals surface area contributed by atoms with Gasteiger partial charge in [0.1, 0.15) is 6.61 Å². The molecule has 0 unspecified atom stereocenters. The van der Waals surface area contributed by atoms with Gasteiger partial charge in [-0.2, -0.15) is 0 Å². The van der Waals surface area contributed by atoms with E-state index in [1.165, 1.54) is 0 Å². The van der Waals surface area contributed by atoms with E-state index in [0.717, 1.165) is 31.6 Å². The van der Waals surface area contributed by atoms with Gasteiger partial charge in [-0.15, -0.1) is 0 Å². The second-order valence-electron chi connectivity index (χ2n) is 6.34. The van der Waals surface area contributed by atoms with E-state index < -0.39 is 12.1 Å². The summed E-state index contributed by atoms with van der Waals surface area (Å²) in [6.45, 7) is 2.08. The first-order valence-electron chi connectivity index (χ1n) is 8.29. The fourth-order valence-electron chi connectivity index (χ4n) is 3.21. The molecule has 0 aliphatic carbocycles. The van der Waals surface area contributed by atoms with Crippen molar-refractivity contribution in [3.05, 3.63) is 30.1 Å². The van der Waals surface area contributed by atoms with Crippen LogP contribution in [-0.4, -0.2) is 61.2 Å². The molecule has 2 atom stereocenters. The smallest absolute Gasteiger partial charge is 0.253 e. The molecule has 0 aromatic carbocycles. The first-order valence-corrected chi connectivity index (χ1v) is 8.29. The van der Waals surface area contributed by atoms with Gasteiger partial charge in [-0.3, -0.25) is 14.6 Å². The lowest BCUT2D eigenvalue weighted by Gasteiger charge is -2.35. The number of ether oxygens (including phenoxy) is 2. The van der Waals surface area contributed by atoms with E-state index in [2.05, 4.69) is 10.3 Å². The van der Waals surface area contributed by atoms with E-state index in [4.69, 9.17) is 9.47 Å². The van der Waals surface area contributed by atoms with Crippen molar-refractivity contribution in [2.75, 3.05) is 33.4 Å². The molecule has 1 aromatic heterocycles. The molecule has 7 nitrogen and oxygen atoms in total. The highest BCUT2D eigenvalue weighted by atomic mass is 16.5. The van der Waals surface area contributed by atoms with Crippen LogP contribution in [0.25, 0.3) is 0 Å². The van der Waals surface area contributed by atoms with Crippen molar-refractivity contribution in [2.45, 2.75) is 25.0 Å². The van der Waals surface area contributed by atoms with Gasteiger partial charge < -0.3 is 19.7 Å².